The molecular weight excluding hydrogens is 248 g/mol. The van der Waals surface area contributed by atoms with Crippen LogP contribution in [0.1, 0.15) is 18.9 Å². The van der Waals surface area contributed by atoms with Crippen LogP contribution in [-0.2, 0) is 16.6 Å². The molecule has 0 atom stereocenters. The first-order valence-electron chi connectivity index (χ1n) is 5.92. The van der Waals surface area contributed by atoms with Crippen molar-refractivity contribution in [3.8, 4) is 0 Å². The summed E-state index contributed by atoms with van der Waals surface area (Å²) in [5.74, 6) is 0.158. The van der Waals surface area contributed by atoms with Crippen LogP contribution < -0.4 is 4.72 Å². The second-order valence-corrected chi connectivity index (χ2v) is 6.06. The van der Waals surface area contributed by atoms with Crippen LogP contribution in [0.25, 0.3) is 10.9 Å². The second kappa shape index (κ2) is 5.46. The quantitative estimate of drug-likeness (QED) is 0.899. The van der Waals surface area contributed by atoms with Gasteiger partial charge in [-0.05, 0) is 18.1 Å². The molecular formula is C13H16N2O2S. The minimum Gasteiger partial charge on any atom is -0.256 e. The fourth-order valence-electron chi connectivity index (χ4n) is 1.84. The summed E-state index contributed by atoms with van der Waals surface area (Å²) in [6.45, 7) is 2.13. The average Bonchev–Trinajstić information content (AvgIpc) is 2.36. The molecule has 2 rings (SSSR count). The van der Waals surface area contributed by atoms with E-state index in [1.54, 1.807) is 6.20 Å². The lowest BCUT2D eigenvalue weighted by Gasteiger charge is -2.07. The van der Waals surface area contributed by atoms with Gasteiger partial charge < -0.3 is 0 Å². The third-order valence-electron chi connectivity index (χ3n) is 2.67. The van der Waals surface area contributed by atoms with Crippen molar-refractivity contribution in [3.63, 3.8) is 0 Å². The summed E-state index contributed by atoms with van der Waals surface area (Å²) < 4.78 is 25.8. The molecule has 0 aliphatic heterocycles. The molecule has 4 nitrogen and oxygen atoms in total. The number of aromatic nitrogens is 1. The summed E-state index contributed by atoms with van der Waals surface area (Å²) >= 11 is 0. The maximum absolute atomic E-state index is 11.6. The minimum atomic E-state index is -3.18. The molecule has 1 N–H and O–H groups in total. The zero-order valence-corrected chi connectivity index (χ0v) is 11.1. The molecule has 96 valence electrons. The maximum atomic E-state index is 11.6. The van der Waals surface area contributed by atoms with E-state index < -0.39 is 10.0 Å². The number of para-hydroxylation sites is 1. The summed E-state index contributed by atoms with van der Waals surface area (Å²) in [6, 6.07) is 9.60. The molecule has 0 saturated carbocycles. The van der Waals surface area contributed by atoms with Crippen molar-refractivity contribution in [1.29, 1.82) is 0 Å². The number of nitrogens with one attached hydrogen (secondary N) is 1. The van der Waals surface area contributed by atoms with E-state index in [0.29, 0.717) is 6.42 Å². The lowest BCUT2D eigenvalue weighted by Crippen LogP contribution is -2.25. The highest BCUT2D eigenvalue weighted by molar-refractivity contribution is 7.89. The van der Waals surface area contributed by atoms with Crippen LogP contribution in [0.4, 0.5) is 0 Å². The Hall–Kier alpha value is -1.46. The number of fused-ring (bicyclic) bond motifs is 1. The molecule has 0 saturated heterocycles. The van der Waals surface area contributed by atoms with Crippen molar-refractivity contribution in [2.45, 2.75) is 19.9 Å². The Morgan fingerprint density at radius 1 is 1.22 bits per heavy atom. The monoisotopic (exact) mass is 264 g/mol. The molecule has 18 heavy (non-hydrogen) atoms. The number of rotatable bonds is 5. The van der Waals surface area contributed by atoms with Crippen molar-refractivity contribution < 1.29 is 8.42 Å². The Morgan fingerprint density at radius 2 is 2.00 bits per heavy atom. The van der Waals surface area contributed by atoms with E-state index in [-0.39, 0.29) is 12.3 Å². The van der Waals surface area contributed by atoms with E-state index >= 15 is 0 Å². The van der Waals surface area contributed by atoms with E-state index in [0.717, 1.165) is 16.5 Å². The Balaban J connectivity index is 2.22. The molecule has 1 aromatic carbocycles. The van der Waals surface area contributed by atoms with Gasteiger partial charge in [-0.25, -0.2) is 13.1 Å². The molecule has 1 aromatic heterocycles. The molecule has 2 aromatic rings. The number of pyridine rings is 1. The molecule has 0 bridgehead atoms. The van der Waals surface area contributed by atoms with Gasteiger partial charge in [0.05, 0.1) is 11.3 Å². The third-order valence-corrected chi connectivity index (χ3v) is 4.20. The first kappa shape index (κ1) is 13.0. The smallest absolute Gasteiger partial charge is 0.211 e. The normalized spacial score (nSPS) is 11.8. The van der Waals surface area contributed by atoms with Crippen molar-refractivity contribution in [2.75, 3.05) is 5.75 Å². The van der Waals surface area contributed by atoms with E-state index in [1.807, 2.05) is 37.3 Å². The summed E-state index contributed by atoms with van der Waals surface area (Å²) in [5.41, 5.74) is 1.74. The van der Waals surface area contributed by atoms with Gasteiger partial charge in [-0.1, -0.05) is 31.2 Å². The lowest BCUT2D eigenvalue weighted by molar-refractivity contribution is 0.580. The summed E-state index contributed by atoms with van der Waals surface area (Å²) in [5, 5.41) is 1.02. The maximum Gasteiger partial charge on any atom is 0.211 e. The molecule has 0 amide bonds. The molecule has 0 aliphatic rings. The highest BCUT2D eigenvalue weighted by atomic mass is 32.2. The zero-order chi connectivity index (χ0) is 13.0. The van der Waals surface area contributed by atoms with E-state index in [4.69, 9.17) is 0 Å². The fourth-order valence-corrected chi connectivity index (χ4v) is 2.90. The van der Waals surface area contributed by atoms with Gasteiger partial charge in [-0.2, -0.15) is 0 Å². The van der Waals surface area contributed by atoms with Crippen LogP contribution in [0.2, 0.25) is 0 Å². The van der Waals surface area contributed by atoms with Crippen molar-refractivity contribution in [2.24, 2.45) is 0 Å². The van der Waals surface area contributed by atoms with Crippen LogP contribution in [0.3, 0.4) is 0 Å². The van der Waals surface area contributed by atoms with Crippen LogP contribution in [-0.4, -0.2) is 19.2 Å². The lowest BCUT2D eigenvalue weighted by atomic mass is 10.1. The first-order chi connectivity index (χ1) is 8.62. The van der Waals surface area contributed by atoms with E-state index in [1.165, 1.54) is 0 Å². The number of hydrogen-bond acceptors (Lipinski definition) is 3. The molecule has 0 aliphatic carbocycles. The van der Waals surface area contributed by atoms with Gasteiger partial charge in [0, 0.05) is 18.1 Å². The van der Waals surface area contributed by atoms with E-state index in [2.05, 4.69) is 9.71 Å². The Bertz CT molecular complexity index is 633. The Labute approximate surface area is 107 Å². The number of hydrogen-bond donors (Lipinski definition) is 1. The topological polar surface area (TPSA) is 59.1 Å². The summed E-state index contributed by atoms with van der Waals surface area (Å²) in [7, 11) is -3.18. The van der Waals surface area contributed by atoms with Crippen LogP contribution >= 0.6 is 0 Å². The number of sulfonamides is 1. The fraction of sp³-hybridized carbons (Fsp3) is 0.308. The summed E-state index contributed by atoms with van der Waals surface area (Å²) in [4.78, 5) is 4.29. The number of benzene rings is 1. The SMILES string of the molecule is CCCS(=O)(=O)NCc1cccc2cccnc12. The molecule has 0 unspecified atom stereocenters. The third kappa shape index (κ3) is 3.05. The molecule has 0 fully saturated rings. The predicted octanol–water partition coefficient (Wildman–Crippen LogP) is 2.06. The van der Waals surface area contributed by atoms with Crippen LogP contribution in [0.5, 0.6) is 0 Å². The van der Waals surface area contributed by atoms with Gasteiger partial charge in [-0.3, -0.25) is 4.98 Å². The molecule has 0 spiro atoms. The standard InChI is InChI=1S/C13H16N2O2S/c1-2-9-18(16,17)15-10-12-6-3-5-11-7-4-8-14-13(11)12/h3-8,15H,2,9-10H2,1H3. The molecule has 0 radical (unpaired) electrons. The molecule has 5 heteroatoms. The highest BCUT2D eigenvalue weighted by Gasteiger charge is 2.09. The second-order valence-electron chi connectivity index (χ2n) is 4.13. The Kier molecular flexibility index (Phi) is 3.93. The van der Waals surface area contributed by atoms with Gasteiger partial charge >= 0.3 is 0 Å². The van der Waals surface area contributed by atoms with Crippen molar-refractivity contribution in [3.05, 3.63) is 42.1 Å². The predicted molar refractivity (Wildman–Crippen MR) is 72.7 cm³/mol. The largest absolute Gasteiger partial charge is 0.256 e. The van der Waals surface area contributed by atoms with Crippen LogP contribution in [0, 0.1) is 0 Å². The van der Waals surface area contributed by atoms with Gasteiger partial charge in [0.15, 0.2) is 0 Å². The zero-order valence-electron chi connectivity index (χ0n) is 10.3. The van der Waals surface area contributed by atoms with Gasteiger partial charge in [0.2, 0.25) is 10.0 Å². The highest BCUT2D eigenvalue weighted by Crippen LogP contribution is 2.15. The van der Waals surface area contributed by atoms with Gasteiger partial charge in [0.1, 0.15) is 0 Å². The Morgan fingerprint density at radius 3 is 2.78 bits per heavy atom. The van der Waals surface area contributed by atoms with E-state index in [9.17, 15) is 8.42 Å². The van der Waals surface area contributed by atoms with Gasteiger partial charge in [-0.15, -0.1) is 0 Å². The molecule has 1 heterocycles. The number of nitrogens with zero attached hydrogens (tertiary/aromatic N) is 1. The van der Waals surface area contributed by atoms with Crippen molar-refractivity contribution in [1.82, 2.24) is 9.71 Å². The average molecular weight is 264 g/mol. The first-order valence-corrected chi connectivity index (χ1v) is 7.57. The van der Waals surface area contributed by atoms with Crippen LogP contribution in [0.15, 0.2) is 36.5 Å². The van der Waals surface area contributed by atoms with Crippen molar-refractivity contribution >= 4 is 20.9 Å². The van der Waals surface area contributed by atoms with Gasteiger partial charge in [0.25, 0.3) is 0 Å². The minimum absolute atomic E-state index is 0.158. The summed E-state index contributed by atoms with van der Waals surface area (Å²) in [6.07, 6.45) is 2.33.